The number of anilines is 3. The van der Waals surface area contributed by atoms with Crippen molar-refractivity contribution in [2.24, 2.45) is 0 Å². The van der Waals surface area contributed by atoms with E-state index in [2.05, 4.69) is 47.3 Å². The number of pyridine rings is 1. The number of aromatic nitrogens is 5. The van der Waals surface area contributed by atoms with Crippen molar-refractivity contribution in [1.29, 1.82) is 0 Å². The van der Waals surface area contributed by atoms with E-state index in [4.69, 9.17) is 0 Å². The number of hydrogen-bond acceptors (Lipinski definition) is 9. The number of nitrogens with zero attached hydrogens (tertiary/aromatic N) is 8. The van der Waals surface area contributed by atoms with Crippen LogP contribution in [-0.2, 0) is 0 Å². The van der Waals surface area contributed by atoms with E-state index in [9.17, 15) is 4.79 Å². The number of likely N-dealkylation sites (N-methyl/N-ethyl adjacent to an activating group) is 1. The molecule has 1 saturated heterocycles. The first-order valence-corrected chi connectivity index (χ1v) is 11.4. The van der Waals surface area contributed by atoms with Crippen LogP contribution in [-0.4, -0.2) is 83.3 Å². The van der Waals surface area contributed by atoms with Crippen molar-refractivity contribution >= 4 is 34.3 Å². The maximum Gasteiger partial charge on any atom is 0.257 e. The van der Waals surface area contributed by atoms with Crippen molar-refractivity contribution in [3.05, 3.63) is 60.6 Å². The number of piperazine rings is 1. The van der Waals surface area contributed by atoms with Crippen molar-refractivity contribution in [3.8, 4) is 11.3 Å². The van der Waals surface area contributed by atoms with Crippen LogP contribution in [0.5, 0.6) is 0 Å². The molecule has 178 valence electrons. The molecule has 4 aromatic rings. The SMILES string of the molecule is CN1CCN(c2cc(C(=O)Nc3cc4cc(-c5cncc(N(C)C)n5)ccc4nn3)ccn2)CC1. The minimum Gasteiger partial charge on any atom is -0.361 e. The lowest BCUT2D eigenvalue weighted by Crippen LogP contribution is -2.44. The van der Waals surface area contributed by atoms with E-state index in [1.165, 1.54) is 0 Å². The summed E-state index contributed by atoms with van der Waals surface area (Å²) in [5.41, 5.74) is 2.92. The molecular formula is C25H27N9O. The van der Waals surface area contributed by atoms with Crippen LogP contribution in [0, 0.1) is 0 Å². The Morgan fingerprint density at radius 3 is 2.63 bits per heavy atom. The van der Waals surface area contributed by atoms with Crippen LogP contribution in [0.25, 0.3) is 22.2 Å². The fourth-order valence-corrected chi connectivity index (χ4v) is 3.93. The molecule has 0 spiro atoms. The Hall–Kier alpha value is -4.18. The van der Waals surface area contributed by atoms with Gasteiger partial charge in [-0.05, 0) is 37.4 Å². The topological polar surface area (TPSA) is 103 Å². The molecule has 1 N–H and O–H groups in total. The molecule has 0 aliphatic carbocycles. The van der Waals surface area contributed by atoms with Gasteiger partial charge in [-0.25, -0.2) is 9.97 Å². The van der Waals surface area contributed by atoms with Gasteiger partial charge in [-0.2, -0.15) is 0 Å². The van der Waals surface area contributed by atoms with E-state index in [1.807, 2.05) is 49.3 Å². The lowest BCUT2D eigenvalue weighted by molar-refractivity contribution is 0.102. The maximum atomic E-state index is 13.0. The standard InChI is InChI=1S/C25H27N9O/c1-32(2)24-16-26-15-21(28-24)17-4-5-20-19(12-17)13-22(31-30-20)29-25(35)18-6-7-27-23(14-18)34-10-8-33(3)9-11-34/h4-7,12-16H,8-11H2,1-3H3,(H,29,31,35). The van der Waals surface area contributed by atoms with Crippen LogP contribution in [0.2, 0.25) is 0 Å². The Balaban J connectivity index is 1.36. The van der Waals surface area contributed by atoms with Crippen LogP contribution in [0.3, 0.4) is 0 Å². The molecule has 3 aromatic heterocycles. The Bertz CT molecular complexity index is 1370. The van der Waals surface area contributed by atoms with Crippen molar-refractivity contribution in [3.63, 3.8) is 0 Å². The van der Waals surface area contributed by atoms with Crippen LogP contribution >= 0.6 is 0 Å². The number of fused-ring (bicyclic) bond motifs is 1. The molecule has 5 rings (SSSR count). The minimum absolute atomic E-state index is 0.253. The van der Waals surface area contributed by atoms with Crippen molar-refractivity contribution in [2.75, 3.05) is 62.4 Å². The summed E-state index contributed by atoms with van der Waals surface area (Å²) in [5, 5.41) is 12.2. The average molecular weight is 470 g/mol. The van der Waals surface area contributed by atoms with E-state index < -0.39 is 0 Å². The van der Waals surface area contributed by atoms with Crippen LogP contribution in [0.15, 0.2) is 55.0 Å². The molecule has 1 fully saturated rings. The normalized spacial score (nSPS) is 14.2. The minimum atomic E-state index is -0.253. The van der Waals surface area contributed by atoms with Crippen LogP contribution in [0.4, 0.5) is 17.5 Å². The lowest BCUT2D eigenvalue weighted by atomic mass is 10.1. The summed E-state index contributed by atoms with van der Waals surface area (Å²) in [5.74, 6) is 1.71. The second-order valence-corrected chi connectivity index (χ2v) is 8.81. The molecule has 1 amide bonds. The number of nitrogens with one attached hydrogen (secondary N) is 1. The highest BCUT2D eigenvalue weighted by Gasteiger charge is 2.17. The molecule has 4 heterocycles. The van der Waals surface area contributed by atoms with E-state index in [1.54, 1.807) is 24.7 Å². The number of amides is 1. The van der Waals surface area contributed by atoms with Gasteiger partial charge in [-0.3, -0.25) is 9.78 Å². The number of carbonyl (C=O) groups is 1. The van der Waals surface area contributed by atoms with Gasteiger partial charge in [-0.1, -0.05) is 6.07 Å². The Morgan fingerprint density at radius 2 is 1.83 bits per heavy atom. The van der Waals surface area contributed by atoms with Crippen molar-refractivity contribution in [2.45, 2.75) is 0 Å². The first kappa shape index (κ1) is 22.6. The third-order valence-corrected chi connectivity index (χ3v) is 6.04. The van der Waals surface area contributed by atoms with E-state index in [0.29, 0.717) is 11.4 Å². The molecule has 0 atom stereocenters. The highest BCUT2D eigenvalue weighted by atomic mass is 16.1. The summed E-state index contributed by atoms with van der Waals surface area (Å²) in [6.07, 6.45) is 5.12. The number of hydrogen-bond donors (Lipinski definition) is 1. The summed E-state index contributed by atoms with van der Waals surface area (Å²) >= 11 is 0. The smallest absolute Gasteiger partial charge is 0.257 e. The fraction of sp³-hybridized carbons (Fsp3) is 0.280. The second kappa shape index (κ2) is 9.59. The summed E-state index contributed by atoms with van der Waals surface area (Å²) in [7, 11) is 5.96. The molecule has 0 bridgehead atoms. The average Bonchev–Trinajstić information content (AvgIpc) is 2.89. The third kappa shape index (κ3) is 5.02. The maximum absolute atomic E-state index is 13.0. The summed E-state index contributed by atoms with van der Waals surface area (Å²) in [4.78, 5) is 32.8. The monoisotopic (exact) mass is 469 g/mol. The summed E-state index contributed by atoms with van der Waals surface area (Å²) < 4.78 is 0. The van der Waals surface area contributed by atoms with Gasteiger partial charge in [0, 0.05) is 63.0 Å². The largest absolute Gasteiger partial charge is 0.361 e. The van der Waals surface area contributed by atoms with Gasteiger partial charge >= 0.3 is 0 Å². The third-order valence-electron chi connectivity index (χ3n) is 6.04. The second-order valence-electron chi connectivity index (χ2n) is 8.81. The molecule has 1 aliphatic rings. The molecular weight excluding hydrogens is 442 g/mol. The highest BCUT2D eigenvalue weighted by molar-refractivity contribution is 6.04. The number of benzene rings is 1. The van der Waals surface area contributed by atoms with Gasteiger partial charge in [0.1, 0.15) is 11.6 Å². The molecule has 0 saturated carbocycles. The van der Waals surface area contributed by atoms with E-state index in [-0.39, 0.29) is 5.91 Å². The van der Waals surface area contributed by atoms with Gasteiger partial charge in [0.15, 0.2) is 5.82 Å². The molecule has 1 aliphatic heterocycles. The van der Waals surface area contributed by atoms with Crippen molar-refractivity contribution < 1.29 is 4.79 Å². The van der Waals surface area contributed by atoms with Crippen LogP contribution < -0.4 is 15.1 Å². The highest BCUT2D eigenvalue weighted by Crippen LogP contribution is 2.24. The Labute approximate surface area is 203 Å². The fourth-order valence-electron chi connectivity index (χ4n) is 3.93. The quantitative estimate of drug-likeness (QED) is 0.472. The lowest BCUT2D eigenvalue weighted by Gasteiger charge is -2.33. The Kier molecular flexibility index (Phi) is 6.19. The first-order valence-electron chi connectivity index (χ1n) is 11.4. The van der Waals surface area contributed by atoms with Gasteiger partial charge in [0.2, 0.25) is 0 Å². The van der Waals surface area contributed by atoms with Gasteiger partial charge in [0.05, 0.1) is 23.6 Å². The predicted octanol–water partition coefficient (Wildman–Crippen LogP) is 2.55. The number of rotatable bonds is 5. The molecule has 1 aromatic carbocycles. The zero-order chi connectivity index (χ0) is 24.4. The van der Waals surface area contributed by atoms with Crippen LogP contribution in [0.1, 0.15) is 10.4 Å². The summed E-state index contributed by atoms with van der Waals surface area (Å²) in [6, 6.07) is 11.1. The number of carbonyl (C=O) groups excluding carboxylic acids is 1. The van der Waals surface area contributed by atoms with Gasteiger partial charge in [0.25, 0.3) is 5.91 Å². The molecule has 10 heteroatoms. The molecule has 0 unspecified atom stereocenters. The molecule has 35 heavy (non-hydrogen) atoms. The van der Waals surface area contributed by atoms with Gasteiger partial charge < -0.3 is 20.0 Å². The zero-order valence-electron chi connectivity index (χ0n) is 20.0. The molecule has 0 radical (unpaired) electrons. The van der Waals surface area contributed by atoms with E-state index in [0.717, 1.165) is 60.0 Å². The first-order chi connectivity index (χ1) is 17.0. The molecule has 10 nitrogen and oxygen atoms in total. The van der Waals surface area contributed by atoms with E-state index >= 15 is 0 Å². The zero-order valence-corrected chi connectivity index (χ0v) is 20.0. The van der Waals surface area contributed by atoms with Gasteiger partial charge in [-0.15, -0.1) is 10.2 Å². The summed E-state index contributed by atoms with van der Waals surface area (Å²) in [6.45, 7) is 3.71. The predicted molar refractivity (Wildman–Crippen MR) is 137 cm³/mol. The van der Waals surface area contributed by atoms with Crippen molar-refractivity contribution in [1.82, 2.24) is 30.0 Å². The Morgan fingerprint density at radius 1 is 1.00 bits per heavy atom.